The van der Waals surface area contributed by atoms with E-state index in [0.29, 0.717) is 40.5 Å². The first kappa shape index (κ1) is 24.0. The number of carbonyl (C=O) groups is 2. The number of aryl methyl sites for hydroxylation is 1. The molecule has 0 spiro atoms. The molecule has 1 aliphatic heterocycles. The molecule has 1 unspecified atom stereocenters. The maximum Gasteiger partial charge on any atom is 0.234 e. The zero-order valence-electron chi connectivity index (χ0n) is 19.4. The van der Waals surface area contributed by atoms with Gasteiger partial charge < -0.3 is 15.4 Å². The number of fused-ring (bicyclic) bond motifs is 2. The molecular weight excluding hydrogens is 498 g/mol. The fraction of sp³-hybridized carbons (Fsp3) is 0.192. The van der Waals surface area contributed by atoms with Gasteiger partial charge in [0, 0.05) is 12.1 Å². The van der Waals surface area contributed by atoms with E-state index in [-0.39, 0.29) is 10.8 Å². The van der Waals surface area contributed by atoms with E-state index < -0.39 is 27.4 Å². The zero-order valence-corrected chi connectivity index (χ0v) is 21.0. The zero-order chi connectivity index (χ0) is 25.3. The van der Waals surface area contributed by atoms with Crippen LogP contribution in [-0.4, -0.2) is 38.1 Å². The summed E-state index contributed by atoms with van der Waals surface area (Å²) in [5.74, 6) is -1.23. The van der Waals surface area contributed by atoms with Gasteiger partial charge in [0.2, 0.25) is 11.8 Å². The molecule has 0 saturated heterocycles. The summed E-state index contributed by atoms with van der Waals surface area (Å²) in [5, 5.41) is 5.95. The van der Waals surface area contributed by atoms with E-state index in [2.05, 4.69) is 15.6 Å². The Hall–Kier alpha value is -3.76. The minimum absolute atomic E-state index is 0.0905. The van der Waals surface area contributed by atoms with Gasteiger partial charge in [0.1, 0.15) is 5.75 Å². The molecule has 1 atom stereocenters. The lowest BCUT2D eigenvalue weighted by Gasteiger charge is -2.19. The molecule has 0 fully saturated rings. The molecule has 0 saturated carbocycles. The van der Waals surface area contributed by atoms with E-state index in [1.807, 2.05) is 12.1 Å². The Morgan fingerprint density at radius 2 is 1.92 bits per heavy atom. The fourth-order valence-electron chi connectivity index (χ4n) is 4.16. The third kappa shape index (κ3) is 4.95. The van der Waals surface area contributed by atoms with Crippen LogP contribution in [0.1, 0.15) is 23.5 Å². The quantitative estimate of drug-likeness (QED) is 0.373. The van der Waals surface area contributed by atoms with Crippen LogP contribution in [0, 0.1) is 0 Å². The molecule has 2 heterocycles. The van der Waals surface area contributed by atoms with Crippen LogP contribution < -0.4 is 15.4 Å². The van der Waals surface area contributed by atoms with E-state index in [4.69, 9.17) is 4.74 Å². The van der Waals surface area contributed by atoms with Gasteiger partial charge in [0.25, 0.3) is 0 Å². The van der Waals surface area contributed by atoms with Crippen LogP contribution in [0.15, 0.2) is 71.6 Å². The first-order chi connectivity index (χ1) is 17.3. The average molecular weight is 522 g/mol. The number of hydrogen-bond donors (Lipinski definition) is 2. The van der Waals surface area contributed by atoms with Crippen molar-refractivity contribution in [1.82, 2.24) is 4.98 Å². The molecule has 1 aliphatic rings. The van der Waals surface area contributed by atoms with Crippen LogP contribution in [-0.2, 0) is 25.8 Å². The average Bonchev–Trinajstić information content (AvgIpc) is 3.28. The van der Waals surface area contributed by atoms with Crippen molar-refractivity contribution in [3.05, 3.63) is 77.9 Å². The number of sulfone groups is 1. The Morgan fingerprint density at radius 1 is 1.11 bits per heavy atom. The molecule has 8 nitrogen and oxygen atoms in total. The minimum Gasteiger partial charge on any atom is -0.497 e. The molecule has 0 aliphatic carbocycles. The molecule has 5 rings (SSSR count). The number of carbonyl (C=O) groups excluding carboxylic acids is 2. The predicted molar refractivity (Wildman–Crippen MR) is 139 cm³/mol. The molecule has 2 amide bonds. The molecule has 184 valence electrons. The number of nitrogens with zero attached hydrogens (tertiary/aromatic N) is 1. The van der Waals surface area contributed by atoms with Crippen molar-refractivity contribution in [3.63, 3.8) is 0 Å². The standard InChI is InChI=1S/C26H23N3O5S2/c1-34-18-8-10-22-23(14-18)35-26(28-22)29-25(31)20(16-5-3-2-4-6-16)15-36(32,33)19-9-11-21-17(13-19)7-12-24(30)27-21/h2-6,8-11,13-14,20H,7,12,15H2,1H3,(H,27,30)(H,28,29,31). The van der Waals surface area contributed by atoms with E-state index >= 15 is 0 Å². The molecule has 36 heavy (non-hydrogen) atoms. The summed E-state index contributed by atoms with van der Waals surface area (Å²) in [5.41, 5.74) is 2.68. The van der Waals surface area contributed by atoms with Crippen LogP contribution in [0.25, 0.3) is 10.2 Å². The van der Waals surface area contributed by atoms with Gasteiger partial charge in [-0.25, -0.2) is 13.4 Å². The van der Waals surface area contributed by atoms with Crippen molar-refractivity contribution >= 4 is 54.0 Å². The van der Waals surface area contributed by atoms with Crippen molar-refractivity contribution in [2.24, 2.45) is 0 Å². The summed E-state index contributed by atoms with van der Waals surface area (Å²) in [6.45, 7) is 0. The molecule has 1 aromatic heterocycles. The molecule has 0 radical (unpaired) electrons. The SMILES string of the molecule is COc1ccc2nc(NC(=O)C(CS(=O)(=O)c3ccc4c(c3)CCC(=O)N4)c3ccccc3)sc2c1. The Balaban J connectivity index is 1.43. The van der Waals surface area contributed by atoms with Crippen LogP contribution in [0.2, 0.25) is 0 Å². The van der Waals surface area contributed by atoms with Crippen LogP contribution in [0.3, 0.4) is 0 Å². The van der Waals surface area contributed by atoms with Crippen molar-refractivity contribution in [2.75, 3.05) is 23.5 Å². The minimum atomic E-state index is -3.83. The summed E-state index contributed by atoms with van der Waals surface area (Å²) in [6, 6.07) is 18.9. The summed E-state index contributed by atoms with van der Waals surface area (Å²) >= 11 is 1.29. The first-order valence-electron chi connectivity index (χ1n) is 11.3. The van der Waals surface area contributed by atoms with Gasteiger partial charge >= 0.3 is 0 Å². The first-order valence-corrected chi connectivity index (χ1v) is 13.8. The number of amides is 2. The second-order valence-electron chi connectivity index (χ2n) is 8.45. The lowest BCUT2D eigenvalue weighted by molar-refractivity contribution is -0.117. The number of hydrogen-bond acceptors (Lipinski definition) is 7. The van der Waals surface area contributed by atoms with Crippen LogP contribution in [0.4, 0.5) is 10.8 Å². The van der Waals surface area contributed by atoms with Crippen LogP contribution >= 0.6 is 11.3 Å². The highest BCUT2D eigenvalue weighted by molar-refractivity contribution is 7.91. The molecule has 4 aromatic rings. The monoisotopic (exact) mass is 521 g/mol. The van der Waals surface area contributed by atoms with Crippen molar-refractivity contribution in [2.45, 2.75) is 23.7 Å². The smallest absolute Gasteiger partial charge is 0.234 e. The lowest BCUT2D eigenvalue weighted by atomic mass is 10.0. The summed E-state index contributed by atoms with van der Waals surface area (Å²) in [4.78, 5) is 29.6. The normalized spacial score (nSPS) is 14.1. The van der Waals surface area contributed by atoms with Gasteiger partial charge in [0.05, 0.1) is 33.9 Å². The number of ether oxygens (including phenoxy) is 1. The van der Waals surface area contributed by atoms with Crippen molar-refractivity contribution < 1.29 is 22.7 Å². The van der Waals surface area contributed by atoms with Crippen LogP contribution in [0.5, 0.6) is 5.75 Å². The Bertz CT molecular complexity index is 1570. The summed E-state index contributed by atoms with van der Waals surface area (Å²) < 4.78 is 33.0. The summed E-state index contributed by atoms with van der Waals surface area (Å²) in [7, 11) is -2.25. The maximum atomic E-state index is 13.4. The highest BCUT2D eigenvalue weighted by Crippen LogP contribution is 2.32. The molecule has 3 aromatic carbocycles. The van der Waals surface area contributed by atoms with Gasteiger partial charge in [-0.1, -0.05) is 41.7 Å². The number of anilines is 2. The predicted octanol–water partition coefficient (Wildman–Crippen LogP) is 4.39. The number of aromatic nitrogens is 1. The Morgan fingerprint density at radius 3 is 2.69 bits per heavy atom. The van der Waals surface area contributed by atoms with E-state index in [0.717, 1.165) is 10.3 Å². The third-order valence-electron chi connectivity index (χ3n) is 6.06. The number of nitrogens with one attached hydrogen (secondary N) is 2. The van der Waals surface area contributed by atoms with Crippen molar-refractivity contribution in [1.29, 1.82) is 0 Å². The Labute approximate surface area is 212 Å². The second-order valence-corrected chi connectivity index (χ2v) is 11.5. The van der Waals surface area contributed by atoms with Gasteiger partial charge in [0.15, 0.2) is 15.0 Å². The van der Waals surface area contributed by atoms with Crippen molar-refractivity contribution in [3.8, 4) is 5.75 Å². The van der Waals surface area contributed by atoms with Gasteiger partial charge in [-0.3, -0.25) is 9.59 Å². The van der Waals surface area contributed by atoms with E-state index in [1.165, 1.54) is 17.4 Å². The van der Waals surface area contributed by atoms with Gasteiger partial charge in [-0.05, 0) is 53.9 Å². The number of methoxy groups -OCH3 is 1. The molecule has 10 heteroatoms. The van der Waals surface area contributed by atoms with E-state index in [9.17, 15) is 18.0 Å². The number of rotatable bonds is 7. The fourth-order valence-corrected chi connectivity index (χ4v) is 6.62. The molecular formula is C26H23N3O5S2. The largest absolute Gasteiger partial charge is 0.497 e. The number of benzene rings is 3. The topological polar surface area (TPSA) is 114 Å². The van der Waals surface area contributed by atoms with Gasteiger partial charge in [-0.2, -0.15) is 0 Å². The maximum absolute atomic E-state index is 13.4. The lowest BCUT2D eigenvalue weighted by Crippen LogP contribution is -2.28. The second kappa shape index (κ2) is 9.71. The number of thiazole rings is 1. The highest BCUT2D eigenvalue weighted by Gasteiger charge is 2.30. The summed E-state index contributed by atoms with van der Waals surface area (Å²) in [6.07, 6.45) is 0.773. The van der Waals surface area contributed by atoms with Gasteiger partial charge in [-0.15, -0.1) is 0 Å². The third-order valence-corrected chi connectivity index (χ3v) is 8.74. The molecule has 0 bridgehead atoms. The molecule has 2 N–H and O–H groups in total. The Kier molecular flexibility index (Phi) is 6.46. The van der Waals surface area contributed by atoms with E-state index in [1.54, 1.807) is 55.6 Å². The highest BCUT2D eigenvalue weighted by atomic mass is 32.2.